The lowest BCUT2D eigenvalue weighted by molar-refractivity contribution is -0.276. The summed E-state index contributed by atoms with van der Waals surface area (Å²) in [5.41, 5.74) is -2.32. The maximum absolute atomic E-state index is 11.7. The van der Waals surface area contributed by atoms with Gasteiger partial charge >= 0.3 is 23.9 Å². The van der Waals surface area contributed by atoms with Crippen molar-refractivity contribution in [2.45, 2.75) is 64.8 Å². The summed E-state index contributed by atoms with van der Waals surface area (Å²) >= 11 is 0. The van der Waals surface area contributed by atoms with Crippen LogP contribution in [0.15, 0.2) is 0 Å². The van der Waals surface area contributed by atoms with Gasteiger partial charge in [0.1, 0.15) is 18.8 Å². The highest BCUT2D eigenvalue weighted by atomic mass is 16.7. The van der Waals surface area contributed by atoms with Gasteiger partial charge in [0.2, 0.25) is 12.0 Å². The van der Waals surface area contributed by atoms with Crippen LogP contribution in [-0.2, 0) is 47.7 Å². The molecule has 0 spiro atoms. The fraction of sp³-hybridized carbons (Fsp3) is 0.647. The molecule has 29 heavy (non-hydrogen) atoms. The zero-order chi connectivity index (χ0) is 22.4. The molecule has 1 amide bonds. The molecule has 160 valence electrons. The van der Waals surface area contributed by atoms with Crippen molar-refractivity contribution in [2.24, 2.45) is 0 Å². The van der Waals surface area contributed by atoms with E-state index in [-0.39, 0.29) is 0 Å². The van der Waals surface area contributed by atoms with Crippen molar-refractivity contribution in [1.82, 2.24) is 5.32 Å². The number of hydrogen-bond acceptors (Lipinski definition) is 11. The molecule has 0 bridgehead atoms. The lowest BCUT2D eigenvalue weighted by Crippen LogP contribution is -2.72. The molecule has 5 atom stereocenters. The van der Waals surface area contributed by atoms with Crippen molar-refractivity contribution in [2.75, 3.05) is 6.61 Å². The number of nitrogens with zero attached hydrogens (tertiary/aromatic N) is 1. The Morgan fingerprint density at radius 3 is 1.83 bits per heavy atom. The molecule has 1 heterocycles. The number of carbonyl (C=O) groups excluding carboxylic acids is 5. The van der Waals surface area contributed by atoms with Crippen LogP contribution in [0.5, 0.6) is 0 Å². The van der Waals surface area contributed by atoms with Crippen LogP contribution in [-0.4, -0.2) is 66.5 Å². The quantitative estimate of drug-likeness (QED) is 0.422. The van der Waals surface area contributed by atoms with Crippen LogP contribution >= 0.6 is 0 Å². The lowest BCUT2D eigenvalue weighted by Gasteiger charge is -2.47. The van der Waals surface area contributed by atoms with Crippen LogP contribution in [0.3, 0.4) is 0 Å². The van der Waals surface area contributed by atoms with E-state index >= 15 is 0 Å². The molecule has 1 rings (SSSR count). The summed E-state index contributed by atoms with van der Waals surface area (Å²) in [7, 11) is 0. The van der Waals surface area contributed by atoms with Gasteiger partial charge in [-0.25, -0.2) is 0 Å². The van der Waals surface area contributed by atoms with Crippen LogP contribution in [0.2, 0.25) is 0 Å². The van der Waals surface area contributed by atoms with Crippen molar-refractivity contribution in [3.05, 3.63) is 0 Å². The molecule has 0 aromatic carbocycles. The van der Waals surface area contributed by atoms with E-state index in [1.807, 2.05) is 0 Å². The maximum Gasteiger partial charge on any atom is 0.303 e. The van der Waals surface area contributed by atoms with Gasteiger partial charge < -0.3 is 29.0 Å². The zero-order valence-corrected chi connectivity index (χ0v) is 16.5. The minimum absolute atomic E-state index is 0.513. The Bertz CT molecular complexity index is 730. The van der Waals surface area contributed by atoms with E-state index in [4.69, 9.17) is 23.7 Å². The third kappa shape index (κ3) is 6.42. The number of rotatable bonds is 6. The van der Waals surface area contributed by atoms with E-state index in [2.05, 4.69) is 5.32 Å². The first-order valence-corrected chi connectivity index (χ1v) is 8.44. The van der Waals surface area contributed by atoms with Crippen LogP contribution < -0.4 is 5.32 Å². The van der Waals surface area contributed by atoms with E-state index < -0.39 is 66.5 Å². The third-order valence-electron chi connectivity index (χ3n) is 3.60. The molecule has 0 aromatic rings. The topological polar surface area (TPSA) is 167 Å². The summed E-state index contributed by atoms with van der Waals surface area (Å²) in [6.07, 6.45) is -6.02. The Morgan fingerprint density at radius 1 is 0.897 bits per heavy atom. The van der Waals surface area contributed by atoms with E-state index in [1.54, 1.807) is 6.07 Å². The molecule has 1 aliphatic heterocycles. The first-order valence-electron chi connectivity index (χ1n) is 8.44. The Hall–Kier alpha value is -3.20. The number of ether oxygens (including phenoxy) is 5. The van der Waals surface area contributed by atoms with Gasteiger partial charge in [-0.15, -0.1) is 0 Å². The number of carbonyl (C=O) groups is 5. The molecule has 0 aromatic heterocycles. The molecule has 12 heteroatoms. The molecular weight excluding hydrogens is 392 g/mol. The smallest absolute Gasteiger partial charge is 0.303 e. The molecule has 1 saturated heterocycles. The molecule has 12 nitrogen and oxygen atoms in total. The predicted molar refractivity (Wildman–Crippen MR) is 90.3 cm³/mol. The first kappa shape index (κ1) is 23.8. The van der Waals surface area contributed by atoms with Crippen molar-refractivity contribution >= 4 is 29.8 Å². The summed E-state index contributed by atoms with van der Waals surface area (Å²) in [5.74, 6) is -3.99. The number of nitriles is 1. The Balaban J connectivity index is 3.56. The second-order valence-corrected chi connectivity index (χ2v) is 6.17. The highest BCUT2D eigenvalue weighted by Gasteiger charge is 2.61. The molecule has 0 aliphatic carbocycles. The average molecular weight is 414 g/mol. The fourth-order valence-corrected chi connectivity index (χ4v) is 2.78. The van der Waals surface area contributed by atoms with Crippen LogP contribution in [0, 0.1) is 11.3 Å². The molecule has 1 unspecified atom stereocenters. The van der Waals surface area contributed by atoms with Crippen molar-refractivity contribution in [3.63, 3.8) is 0 Å². The first-order chi connectivity index (χ1) is 13.4. The van der Waals surface area contributed by atoms with Crippen LogP contribution in [0.1, 0.15) is 34.6 Å². The number of nitrogens with one attached hydrogen (secondary N) is 1. The largest absolute Gasteiger partial charge is 0.463 e. The Labute approximate surface area is 166 Å². The van der Waals surface area contributed by atoms with Gasteiger partial charge in [0.15, 0.2) is 12.2 Å². The van der Waals surface area contributed by atoms with E-state index in [9.17, 15) is 29.2 Å². The standard InChI is InChI=1S/C17H22N2O10/c1-8(20)19-17(7-18)16(28-12(5)24)15(27-11(4)23)14(26-10(3)22)13(29-17)6-25-9(2)21/h13-16H,6H2,1-5H3,(H,19,20)/t13?,14-,15-,16+,17-/m0/s1. The summed E-state index contributed by atoms with van der Waals surface area (Å²) in [6, 6.07) is 1.70. The minimum Gasteiger partial charge on any atom is -0.463 e. The lowest BCUT2D eigenvalue weighted by atomic mass is 9.90. The van der Waals surface area contributed by atoms with Gasteiger partial charge in [-0.05, 0) is 0 Å². The monoisotopic (exact) mass is 414 g/mol. The maximum atomic E-state index is 11.7. The fourth-order valence-electron chi connectivity index (χ4n) is 2.78. The van der Waals surface area contributed by atoms with Crippen LogP contribution in [0.25, 0.3) is 0 Å². The van der Waals surface area contributed by atoms with Gasteiger partial charge in [-0.1, -0.05) is 0 Å². The highest BCUT2D eigenvalue weighted by molar-refractivity contribution is 5.75. The second kappa shape index (κ2) is 9.83. The summed E-state index contributed by atoms with van der Waals surface area (Å²) in [4.78, 5) is 57.8. The average Bonchev–Trinajstić information content (AvgIpc) is 2.57. The van der Waals surface area contributed by atoms with E-state index in [1.165, 1.54) is 0 Å². The van der Waals surface area contributed by atoms with Gasteiger partial charge in [-0.3, -0.25) is 24.0 Å². The molecule has 0 radical (unpaired) electrons. The Morgan fingerprint density at radius 2 is 1.41 bits per heavy atom. The normalized spacial score (nSPS) is 28.3. The molecule has 1 N–H and O–H groups in total. The number of amides is 1. The summed E-state index contributed by atoms with van der Waals surface area (Å²) < 4.78 is 25.9. The molecular formula is C17H22N2O10. The van der Waals surface area contributed by atoms with Gasteiger partial charge in [0.05, 0.1) is 0 Å². The van der Waals surface area contributed by atoms with Crippen LogP contribution in [0.4, 0.5) is 0 Å². The highest BCUT2D eigenvalue weighted by Crippen LogP contribution is 2.34. The summed E-state index contributed by atoms with van der Waals surface area (Å²) in [5, 5.41) is 12.0. The second-order valence-electron chi connectivity index (χ2n) is 6.17. The van der Waals surface area contributed by atoms with Gasteiger partial charge in [0.25, 0.3) is 5.72 Å². The molecule has 0 saturated carbocycles. The number of esters is 4. The van der Waals surface area contributed by atoms with Crippen molar-refractivity contribution < 1.29 is 47.7 Å². The molecule has 1 aliphatic rings. The molecule has 1 fully saturated rings. The van der Waals surface area contributed by atoms with E-state index in [0.717, 1.165) is 34.6 Å². The van der Waals surface area contributed by atoms with Gasteiger partial charge in [-0.2, -0.15) is 5.26 Å². The Kier molecular flexibility index (Phi) is 8.08. The zero-order valence-electron chi connectivity index (χ0n) is 16.5. The minimum atomic E-state index is -2.32. The van der Waals surface area contributed by atoms with Gasteiger partial charge in [0, 0.05) is 34.6 Å². The summed E-state index contributed by atoms with van der Waals surface area (Å²) in [6.45, 7) is 4.80. The van der Waals surface area contributed by atoms with Crippen molar-refractivity contribution in [1.29, 1.82) is 5.26 Å². The number of hydrogen-bond donors (Lipinski definition) is 1. The SMILES string of the molecule is CC(=O)N[C@@]1(C#N)OC(COC(C)=O)[C@H](OC(C)=O)[C@H](OC(C)=O)[C@H]1OC(C)=O. The predicted octanol–water partition coefficient (Wildman–Crippen LogP) is -0.901. The third-order valence-corrected chi connectivity index (χ3v) is 3.60. The van der Waals surface area contributed by atoms with E-state index in [0.29, 0.717) is 0 Å². The van der Waals surface area contributed by atoms with Crippen molar-refractivity contribution in [3.8, 4) is 6.07 Å².